The van der Waals surface area contributed by atoms with E-state index in [2.05, 4.69) is 15.2 Å². The predicted octanol–water partition coefficient (Wildman–Crippen LogP) is 1.88. The van der Waals surface area contributed by atoms with Gasteiger partial charge in [0, 0.05) is 11.3 Å². The molecule has 1 fully saturated rings. The Morgan fingerprint density at radius 1 is 1.38 bits per heavy atom. The zero-order chi connectivity index (χ0) is 15.2. The molecule has 1 saturated carbocycles. The lowest BCUT2D eigenvalue weighted by Crippen LogP contribution is -2.45. The summed E-state index contributed by atoms with van der Waals surface area (Å²) in [5.41, 5.74) is 8.98. The van der Waals surface area contributed by atoms with Gasteiger partial charge in [0.25, 0.3) is 0 Å². The first kappa shape index (κ1) is 14.8. The molecule has 1 aliphatic carbocycles. The summed E-state index contributed by atoms with van der Waals surface area (Å²) in [6.07, 6.45) is -1.60. The van der Waals surface area contributed by atoms with Gasteiger partial charge < -0.3 is 15.1 Å². The van der Waals surface area contributed by atoms with E-state index in [4.69, 9.17) is 15.5 Å². The first-order chi connectivity index (χ1) is 10.2. The molecule has 1 aromatic rings. The van der Waals surface area contributed by atoms with Crippen molar-refractivity contribution >= 4 is 11.7 Å². The number of hydrogen-bond donors (Lipinski definition) is 2. The van der Waals surface area contributed by atoms with Crippen molar-refractivity contribution in [1.82, 2.24) is 0 Å². The maximum Gasteiger partial charge on any atom is 0.338 e. The molecule has 21 heavy (non-hydrogen) atoms. The highest BCUT2D eigenvalue weighted by atomic mass is 16.5. The van der Waals surface area contributed by atoms with E-state index in [-0.39, 0.29) is 18.6 Å². The van der Waals surface area contributed by atoms with Crippen LogP contribution in [0.15, 0.2) is 40.6 Å². The molecular formula is C13H14N4O4. The van der Waals surface area contributed by atoms with Crippen molar-refractivity contribution in [3.8, 4) is 0 Å². The van der Waals surface area contributed by atoms with Crippen LogP contribution in [0.25, 0.3) is 10.4 Å². The number of hydrogen-bond acceptors (Lipinski definition) is 6. The molecule has 0 aliphatic heterocycles. The number of ether oxygens (including phenoxy) is 1. The van der Waals surface area contributed by atoms with E-state index in [1.165, 1.54) is 0 Å². The Bertz CT molecular complexity index is 583. The number of aliphatic hydroxyl groups excluding tert-OH is 1. The number of carbonyl (C=O) groups excluding carboxylic acids is 1. The molecule has 8 nitrogen and oxygen atoms in total. The minimum absolute atomic E-state index is 0.0562. The van der Waals surface area contributed by atoms with Gasteiger partial charge in [-0.25, -0.2) is 4.79 Å². The Morgan fingerprint density at radius 3 is 2.71 bits per heavy atom. The Morgan fingerprint density at radius 2 is 2.10 bits per heavy atom. The Labute approximate surface area is 120 Å². The molecule has 0 amide bonds. The second-order valence-corrected chi connectivity index (χ2v) is 4.65. The average Bonchev–Trinajstić information content (AvgIpc) is 2.50. The number of nitrogens with zero attached hydrogens (tertiary/aromatic N) is 4. The number of benzene rings is 1. The summed E-state index contributed by atoms with van der Waals surface area (Å²) >= 11 is 0. The van der Waals surface area contributed by atoms with Gasteiger partial charge in [-0.3, -0.25) is 0 Å². The SMILES string of the molecule is [N-]=[N+]=N[C@@H]1C[C@@H](O)C/C(=N\O)[C@H]1OC(=O)c1ccccc1. The summed E-state index contributed by atoms with van der Waals surface area (Å²) in [7, 11) is 0. The predicted molar refractivity (Wildman–Crippen MR) is 73.0 cm³/mol. The van der Waals surface area contributed by atoms with Crippen molar-refractivity contribution in [2.45, 2.75) is 31.1 Å². The average molecular weight is 290 g/mol. The fourth-order valence-corrected chi connectivity index (χ4v) is 2.24. The number of azide groups is 1. The van der Waals surface area contributed by atoms with Gasteiger partial charge in [-0.2, -0.15) is 0 Å². The van der Waals surface area contributed by atoms with Gasteiger partial charge in [0.15, 0.2) is 6.10 Å². The van der Waals surface area contributed by atoms with Crippen molar-refractivity contribution in [2.75, 3.05) is 0 Å². The normalized spacial score (nSPS) is 26.9. The molecule has 110 valence electrons. The quantitative estimate of drug-likeness (QED) is 0.220. The highest BCUT2D eigenvalue weighted by Gasteiger charge is 2.37. The van der Waals surface area contributed by atoms with E-state index in [0.29, 0.717) is 5.56 Å². The number of oxime groups is 1. The number of carbonyl (C=O) groups is 1. The second-order valence-electron chi connectivity index (χ2n) is 4.65. The number of rotatable bonds is 3. The van der Waals surface area contributed by atoms with E-state index in [9.17, 15) is 9.90 Å². The van der Waals surface area contributed by atoms with Crippen molar-refractivity contribution in [3.63, 3.8) is 0 Å². The Hall–Kier alpha value is -2.57. The summed E-state index contributed by atoms with van der Waals surface area (Å²) in [4.78, 5) is 14.7. The molecular weight excluding hydrogens is 276 g/mol. The lowest BCUT2D eigenvalue weighted by Gasteiger charge is -2.31. The van der Waals surface area contributed by atoms with Crippen LogP contribution in [0.3, 0.4) is 0 Å². The molecule has 0 bridgehead atoms. The topological polar surface area (TPSA) is 128 Å². The fourth-order valence-electron chi connectivity index (χ4n) is 2.24. The van der Waals surface area contributed by atoms with Gasteiger partial charge in [0.2, 0.25) is 0 Å². The van der Waals surface area contributed by atoms with Gasteiger partial charge in [-0.05, 0) is 24.1 Å². The molecule has 2 rings (SSSR count). The largest absolute Gasteiger partial charge is 0.452 e. The van der Waals surface area contributed by atoms with Crippen molar-refractivity contribution in [2.24, 2.45) is 10.3 Å². The maximum atomic E-state index is 12.0. The van der Waals surface area contributed by atoms with E-state index >= 15 is 0 Å². The molecule has 0 spiro atoms. The molecule has 8 heteroatoms. The van der Waals surface area contributed by atoms with Crippen LogP contribution in [0.1, 0.15) is 23.2 Å². The van der Waals surface area contributed by atoms with Crippen LogP contribution in [0.2, 0.25) is 0 Å². The first-order valence-corrected chi connectivity index (χ1v) is 6.34. The van der Waals surface area contributed by atoms with E-state index in [1.807, 2.05) is 0 Å². The fraction of sp³-hybridized carbons (Fsp3) is 0.385. The number of esters is 1. The third-order valence-electron chi connectivity index (χ3n) is 3.21. The highest BCUT2D eigenvalue weighted by molar-refractivity contribution is 5.95. The molecule has 0 saturated heterocycles. The van der Waals surface area contributed by atoms with Crippen LogP contribution in [-0.4, -0.2) is 40.2 Å². The van der Waals surface area contributed by atoms with Crippen LogP contribution in [0, 0.1) is 0 Å². The van der Waals surface area contributed by atoms with Gasteiger partial charge in [-0.15, -0.1) is 0 Å². The Kier molecular flexibility index (Phi) is 4.76. The molecule has 0 heterocycles. The van der Waals surface area contributed by atoms with Crippen molar-refractivity contribution < 1.29 is 19.8 Å². The molecule has 2 N–H and O–H groups in total. The zero-order valence-corrected chi connectivity index (χ0v) is 11.0. The summed E-state index contributed by atoms with van der Waals surface area (Å²) in [5, 5.41) is 25.2. The molecule has 0 unspecified atom stereocenters. The van der Waals surface area contributed by atoms with Gasteiger partial charge >= 0.3 is 5.97 Å². The van der Waals surface area contributed by atoms with Crippen LogP contribution in [0.4, 0.5) is 0 Å². The summed E-state index contributed by atoms with van der Waals surface area (Å²) < 4.78 is 5.29. The molecule has 1 aliphatic rings. The van der Waals surface area contributed by atoms with Crippen molar-refractivity contribution in [3.05, 3.63) is 46.3 Å². The molecule has 0 aromatic heterocycles. The number of aliphatic hydroxyl groups is 1. The van der Waals surface area contributed by atoms with Crippen molar-refractivity contribution in [1.29, 1.82) is 0 Å². The van der Waals surface area contributed by atoms with Gasteiger partial charge in [0.05, 0.1) is 17.7 Å². The van der Waals surface area contributed by atoms with E-state index in [0.717, 1.165) is 0 Å². The maximum absolute atomic E-state index is 12.0. The highest BCUT2D eigenvalue weighted by Crippen LogP contribution is 2.24. The van der Waals surface area contributed by atoms with E-state index in [1.54, 1.807) is 30.3 Å². The molecule has 0 radical (unpaired) electrons. The summed E-state index contributed by atoms with van der Waals surface area (Å²) in [6, 6.07) is 7.49. The van der Waals surface area contributed by atoms with E-state index < -0.39 is 24.2 Å². The third-order valence-corrected chi connectivity index (χ3v) is 3.21. The second kappa shape index (κ2) is 6.74. The lowest BCUT2D eigenvalue weighted by molar-refractivity contribution is 0.0275. The molecule has 3 atom stereocenters. The van der Waals surface area contributed by atoms with Crippen LogP contribution >= 0.6 is 0 Å². The minimum atomic E-state index is -0.984. The van der Waals surface area contributed by atoms with Gasteiger partial charge in [0.1, 0.15) is 5.71 Å². The zero-order valence-electron chi connectivity index (χ0n) is 11.0. The summed E-state index contributed by atoms with van der Waals surface area (Å²) in [6.45, 7) is 0. The van der Waals surface area contributed by atoms with Crippen LogP contribution in [-0.2, 0) is 4.74 Å². The van der Waals surface area contributed by atoms with Gasteiger partial charge in [-0.1, -0.05) is 28.5 Å². The van der Waals surface area contributed by atoms with Crippen LogP contribution < -0.4 is 0 Å². The first-order valence-electron chi connectivity index (χ1n) is 6.34. The monoisotopic (exact) mass is 290 g/mol. The minimum Gasteiger partial charge on any atom is -0.452 e. The van der Waals surface area contributed by atoms with Crippen LogP contribution in [0.5, 0.6) is 0 Å². The lowest BCUT2D eigenvalue weighted by atomic mass is 9.89. The summed E-state index contributed by atoms with van der Waals surface area (Å²) in [5.74, 6) is -0.615. The third kappa shape index (κ3) is 3.50. The Balaban J connectivity index is 2.21. The standard InChI is InChI=1S/C13H14N4O4/c14-17-15-10-6-9(18)7-11(16-20)12(10)21-13(19)8-4-2-1-3-5-8/h1-5,9-10,12,18,20H,6-7H2/b16-11+/t9-,10-,12+/m1/s1. The smallest absolute Gasteiger partial charge is 0.338 e. The molecule has 1 aromatic carbocycles.